The molecule has 5 aromatic rings. The summed E-state index contributed by atoms with van der Waals surface area (Å²) in [6.45, 7) is 2.47. The Morgan fingerprint density at radius 2 is 2.09 bits per heavy atom. The van der Waals surface area contributed by atoms with E-state index in [1.165, 1.54) is 10.6 Å². The summed E-state index contributed by atoms with van der Waals surface area (Å²) in [6.07, 6.45) is 3.02. The molecule has 0 aromatic carbocycles. The van der Waals surface area contributed by atoms with Crippen LogP contribution in [0.2, 0.25) is 0 Å². The van der Waals surface area contributed by atoms with Crippen molar-refractivity contribution >= 4 is 11.5 Å². The third kappa shape index (κ3) is 3.15. The fraction of sp³-hybridized carbons (Fsp3) is 0.227. The Kier molecular flexibility index (Phi) is 4.42. The van der Waals surface area contributed by atoms with Gasteiger partial charge in [0.05, 0.1) is 23.2 Å². The molecular formula is C22H18F2N8O. The first-order valence-electron chi connectivity index (χ1n) is 10.4. The minimum absolute atomic E-state index is 0.0773. The highest BCUT2D eigenvalue weighted by Gasteiger charge is 2.36. The predicted octanol–water partition coefficient (Wildman–Crippen LogP) is 3.90. The molecule has 1 atom stereocenters. The van der Waals surface area contributed by atoms with Crippen LogP contribution >= 0.6 is 0 Å². The van der Waals surface area contributed by atoms with E-state index in [0.717, 1.165) is 17.0 Å². The lowest BCUT2D eigenvalue weighted by atomic mass is 10.00. The van der Waals surface area contributed by atoms with Gasteiger partial charge in [0.25, 0.3) is 12.3 Å². The lowest BCUT2D eigenvalue weighted by molar-refractivity contribution is 0.152. The van der Waals surface area contributed by atoms with E-state index in [1.807, 2.05) is 24.0 Å². The van der Waals surface area contributed by atoms with Crippen LogP contribution in [0.25, 0.3) is 17.1 Å². The zero-order chi connectivity index (χ0) is 22.5. The van der Waals surface area contributed by atoms with Crippen LogP contribution in [0.1, 0.15) is 40.7 Å². The Hall–Kier alpha value is -4.15. The third-order valence-corrected chi connectivity index (χ3v) is 5.87. The number of alkyl halides is 2. The van der Waals surface area contributed by atoms with Crippen LogP contribution in [0.15, 0.2) is 53.5 Å². The smallest absolute Gasteiger partial charge is 0.319 e. The van der Waals surface area contributed by atoms with Crippen molar-refractivity contribution in [3.63, 3.8) is 0 Å². The lowest BCUT2D eigenvalue weighted by Gasteiger charge is -2.32. The molecule has 9 nitrogen and oxygen atoms in total. The van der Waals surface area contributed by atoms with Crippen molar-refractivity contribution in [3.05, 3.63) is 77.3 Å². The van der Waals surface area contributed by atoms with Gasteiger partial charge in [0.1, 0.15) is 11.7 Å². The molecule has 0 fully saturated rings. The zero-order valence-electron chi connectivity index (χ0n) is 17.5. The molecule has 0 bridgehead atoms. The van der Waals surface area contributed by atoms with E-state index in [2.05, 4.69) is 30.2 Å². The highest BCUT2D eigenvalue weighted by Crippen LogP contribution is 2.37. The van der Waals surface area contributed by atoms with Crippen molar-refractivity contribution in [2.24, 2.45) is 0 Å². The summed E-state index contributed by atoms with van der Waals surface area (Å²) in [7, 11) is 0. The van der Waals surface area contributed by atoms with E-state index in [4.69, 9.17) is 4.42 Å². The SMILES string of the molecule is Cc1cccnc1-c1nnc(N2CCc3[nH]cnc3[C@H]2c2cc3c(C(F)F)cccn3n2)o1. The average molecular weight is 448 g/mol. The molecule has 0 spiro atoms. The molecule has 33 heavy (non-hydrogen) atoms. The van der Waals surface area contributed by atoms with Crippen molar-refractivity contribution in [1.29, 1.82) is 0 Å². The number of fused-ring (bicyclic) bond motifs is 2. The lowest BCUT2D eigenvalue weighted by Crippen LogP contribution is -2.36. The Morgan fingerprint density at radius 3 is 2.94 bits per heavy atom. The summed E-state index contributed by atoms with van der Waals surface area (Å²) in [5.74, 6) is 0.310. The van der Waals surface area contributed by atoms with Crippen LogP contribution in [-0.2, 0) is 6.42 Å². The number of nitrogens with one attached hydrogen (secondary N) is 1. The van der Waals surface area contributed by atoms with Gasteiger partial charge in [0.2, 0.25) is 0 Å². The molecule has 0 aliphatic carbocycles. The molecule has 0 radical (unpaired) electrons. The maximum absolute atomic E-state index is 13.6. The normalized spacial score (nSPS) is 16.0. The van der Waals surface area contributed by atoms with E-state index in [1.54, 1.807) is 30.9 Å². The van der Waals surface area contributed by atoms with Gasteiger partial charge in [-0.05, 0) is 36.8 Å². The van der Waals surface area contributed by atoms with Gasteiger partial charge in [-0.3, -0.25) is 4.98 Å². The molecule has 0 unspecified atom stereocenters. The quantitative estimate of drug-likeness (QED) is 0.445. The highest BCUT2D eigenvalue weighted by atomic mass is 19.3. The second-order valence-corrected chi connectivity index (χ2v) is 7.83. The van der Waals surface area contributed by atoms with Crippen LogP contribution in [-0.4, -0.2) is 41.3 Å². The van der Waals surface area contributed by atoms with Crippen LogP contribution < -0.4 is 4.90 Å². The van der Waals surface area contributed by atoms with Crippen molar-refractivity contribution < 1.29 is 13.2 Å². The topological polar surface area (TPSA) is 101 Å². The number of anilines is 1. The molecule has 6 heterocycles. The van der Waals surface area contributed by atoms with Gasteiger partial charge < -0.3 is 14.3 Å². The number of aryl methyl sites for hydroxylation is 1. The summed E-state index contributed by atoms with van der Waals surface area (Å²) in [5.41, 5.74) is 4.06. The predicted molar refractivity (Wildman–Crippen MR) is 114 cm³/mol. The summed E-state index contributed by atoms with van der Waals surface area (Å²) in [5, 5.41) is 13.1. The molecule has 0 saturated heterocycles. The number of aromatic nitrogens is 7. The Bertz CT molecular complexity index is 1460. The number of pyridine rings is 2. The van der Waals surface area contributed by atoms with Gasteiger partial charge in [-0.25, -0.2) is 18.3 Å². The third-order valence-electron chi connectivity index (χ3n) is 5.87. The largest absolute Gasteiger partial charge is 0.402 e. The van der Waals surface area contributed by atoms with Gasteiger partial charge in [-0.15, -0.1) is 5.10 Å². The number of rotatable bonds is 4. The van der Waals surface area contributed by atoms with Crippen LogP contribution in [0, 0.1) is 6.92 Å². The average Bonchev–Trinajstić information content (AvgIpc) is 3.56. The Balaban J connectivity index is 1.46. The Labute approximate surface area is 186 Å². The van der Waals surface area contributed by atoms with E-state index in [9.17, 15) is 8.78 Å². The molecular weight excluding hydrogens is 430 g/mol. The van der Waals surface area contributed by atoms with Gasteiger partial charge in [-0.1, -0.05) is 11.2 Å². The van der Waals surface area contributed by atoms with E-state index in [-0.39, 0.29) is 5.56 Å². The monoisotopic (exact) mass is 448 g/mol. The molecule has 1 aliphatic heterocycles. The molecule has 6 rings (SSSR count). The molecule has 166 valence electrons. The van der Waals surface area contributed by atoms with Gasteiger partial charge in [-0.2, -0.15) is 5.10 Å². The van der Waals surface area contributed by atoms with Crippen LogP contribution in [0.3, 0.4) is 0 Å². The minimum atomic E-state index is -2.61. The van der Waals surface area contributed by atoms with Crippen LogP contribution in [0.5, 0.6) is 0 Å². The number of halogens is 2. The molecule has 0 amide bonds. The van der Waals surface area contributed by atoms with Crippen molar-refractivity contribution in [2.45, 2.75) is 25.8 Å². The molecule has 0 saturated carbocycles. The first-order chi connectivity index (χ1) is 16.1. The van der Waals surface area contributed by atoms with Gasteiger partial charge in [0, 0.05) is 36.6 Å². The number of H-pyrrole nitrogens is 1. The van der Waals surface area contributed by atoms with Crippen molar-refractivity contribution in [3.8, 4) is 11.6 Å². The minimum Gasteiger partial charge on any atom is -0.402 e. The second kappa shape index (κ2) is 7.47. The number of hydrogen-bond donors (Lipinski definition) is 1. The molecule has 1 aliphatic rings. The standard InChI is InChI=1S/C22H18F2N8O/c1-12-4-2-7-25-17(12)21-28-29-22(33-21)31-9-6-14-18(27-11-26-14)19(31)15-10-16-13(20(23)24)5-3-8-32(16)30-15/h2-5,7-8,10-11,19-20H,6,9H2,1H3,(H,26,27)/t19-/m1/s1. The summed E-state index contributed by atoms with van der Waals surface area (Å²) in [6, 6.07) is 8.20. The fourth-order valence-electron chi connectivity index (χ4n) is 4.29. The van der Waals surface area contributed by atoms with Gasteiger partial charge >= 0.3 is 6.01 Å². The van der Waals surface area contributed by atoms with Crippen molar-refractivity contribution in [1.82, 2.24) is 34.8 Å². The molecule has 11 heteroatoms. The second-order valence-electron chi connectivity index (χ2n) is 7.83. The summed E-state index contributed by atoms with van der Waals surface area (Å²) < 4.78 is 34.6. The molecule has 5 aromatic heterocycles. The molecule has 1 N–H and O–H groups in total. The van der Waals surface area contributed by atoms with Gasteiger partial charge in [0.15, 0.2) is 0 Å². The maximum atomic E-state index is 13.6. The zero-order valence-corrected chi connectivity index (χ0v) is 17.5. The first kappa shape index (κ1) is 19.5. The van der Waals surface area contributed by atoms with E-state index >= 15 is 0 Å². The number of aromatic amines is 1. The number of nitrogens with zero attached hydrogens (tertiary/aromatic N) is 7. The van der Waals surface area contributed by atoms with E-state index in [0.29, 0.717) is 41.8 Å². The summed E-state index contributed by atoms with van der Waals surface area (Å²) >= 11 is 0. The fourth-order valence-corrected chi connectivity index (χ4v) is 4.29. The summed E-state index contributed by atoms with van der Waals surface area (Å²) in [4.78, 5) is 13.9. The Morgan fingerprint density at radius 1 is 1.18 bits per heavy atom. The van der Waals surface area contributed by atoms with E-state index < -0.39 is 12.5 Å². The van der Waals surface area contributed by atoms with Crippen LogP contribution in [0.4, 0.5) is 14.8 Å². The number of imidazole rings is 1. The number of hydrogen-bond acceptors (Lipinski definition) is 7. The maximum Gasteiger partial charge on any atom is 0.319 e. The highest BCUT2D eigenvalue weighted by molar-refractivity contribution is 5.58. The first-order valence-corrected chi connectivity index (χ1v) is 10.4. The van der Waals surface area contributed by atoms with Crippen molar-refractivity contribution in [2.75, 3.05) is 11.4 Å².